The maximum Gasteiger partial charge on any atom is 0.309 e. The predicted molar refractivity (Wildman–Crippen MR) is 112 cm³/mol. The van der Waals surface area contributed by atoms with Crippen LogP contribution in [0, 0.1) is 11.7 Å². The molecule has 1 aliphatic rings. The molecule has 2 aromatic carbocycles. The molecule has 0 unspecified atom stereocenters. The fourth-order valence-corrected chi connectivity index (χ4v) is 3.36. The Bertz CT molecular complexity index is 1060. The lowest BCUT2D eigenvalue weighted by Gasteiger charge is -2.36. The number of halogens is 1. The van der Waals surface area contributed by atoms with Gasteiger partial charge in [0.25, 0.3) is 5.89 Å². The summed E-state index contributed by atoms with van der Waals surface area (Å²) < 4.78 is 25.2. The number of nitrogens with zero attached hydrogens (tertiary/aromatic N) is 3. The summed E-state index contributed by atoms with van der Waals surface area (Å²) in [6.07, 6.45) is 0.714. The number of likely N-dealkylation sites (tertiary alicyclic amines) is 1. The molecular weight excluding hydrogens is 401 g/mol. The average molecular weight is 425 g/mol. The van der Waals surface area contributed by atoms with E-state index >= 15 is 0 Å². The second kappa shape index (κ2) is 8.85. The number of carboxylic acid groups (broad SMARTS) is 1. The number of rotatable bonds is 8. The average Bonchev–Trinajstić information content (AvgIpc) is 3.22. The number of benzene rings is 2. The number of aromatic nitrogens is 2. The van der Waals surface area contributed by atoms with Crippen molar-refractivity contribution in [2.75, 3.05) is 13.1 Å². The van der Waals surface area contributed by atoms with Crippen LogP contribution in [0.4, 0.5) is 4.39 Å². The van der Waals surface area contributed by atoms with E-state index < -0.39 is 11.8 Å². The van der Waals surface area contributed by atoms with E-state index in [4.69, 9.17) is 14.4 Å². The van der Waals surface area contributed by atoms with E-state index in [0.29, 0.717) is 31.0 Å². The van der Waals surface area contributed by atoms with Crippen LogP contribution in [0.2, 0.25) is 0 Å². The van der Waals surface area contributed by atoms with Gasteiger partial charge in [0.1, 0.15) is 0 Å². The van der Waals surface area contributed by atoms with Crippen molar-refractivity contribution in [3.8, 4) is 28.6 Å². The normalized spacial score (nSPS) is 15.5. The molecule has 7 nitrogen and oxygen atoms in total. The first-order valence-electron chi connectivity index (χ1n) is 10.3. The number of hydrogen-bond acceptors (Lipinski definition) is 6. The van der Waals surface area contributed by atoms with E-state index in [1.165, 1.54) is 6.07 Å². The molecule has 0 radical (unpaired) electrons. The Morgan fingerprint density at radius 2 is 1.97 bits per heavy atom. The fourth-order valence-electron chi connectivity index (χ4n) is 3.36. The highest BCUT2D eigenvalue weighted by Gasteiger charge is 2.32. The highest BCUT2D eigenvalue weighted by atomic mass is 19.1. The van der Waals surface area contributed by atoms with Gasteiger partial charge in [0.15, 0.2) is 11.6 Å². The van der Waals surface area contributed by atoms with E-state index in [1.807, 2.05) is 38.1 Å². The van der Waals surface area contributed by atoms with Gasteiger partial charge in [-0.2, -0.15) is 4.98 Å². The summed E-state index contributed by atoms with van der Waals surface area (Å²) in [6, 6.07) is 12.3. The first-order chi connectivity index (χ1) is 14.9. The smallest absolute Gasteiger partial charge is 0.309 e. The molecule has 31 heavy (non-hydrogen) atoms. The third-order valence-electron chi connectivity index (χ3n) is 5.43. The Labute approximate surface area is 179 Å². The molecule has 1 fully saturated rings. The predicted octanol–water partition coefficient (Wildman–Crippen LogP) is 4.24. The SMILES string of the molecule is CC[C@H](C)Oc1ccc(-c2nc(-c3ccc(CN4CC(C(=O)O)C4)cc3)no2)cc1F. The molecular formula is C23H24FN3O4. The lowest BCUT2D eigenvalue weighted by atomic mass is 9.99. The quantitative estimate of drug-likeness (QED) is 0.577. The summed E-state index contributed by atoms with van der Waals surface area (Å²) in [6.45, 7) is 5.71. The summed E-state index contributed by atoms with van der Waals surface area (Å²) in [5.74, 6) is -0.636. The summed E-state index contributed by atoms with van der Waals surface area (Å²) in [4.78, 5) is 17.4. The molecule has 162 valence electrons. The summed E-state index contributed by atoms with van der Waals surface area (Å²) >= 11 is 0. The van der Waals surface area contributed by atoms with Gasteiger partial charge in [0.05, 0.1) is 12.0 Å². The summed E-state index contributed by atoms with van der Waals surface area (Å²) in [5.41, 5.74) is 2.34. The van der Waals surface area contributed by atoms with Crippen molar-refractivity contribution in [1.82, 2.24) is 15.0 Å². The molecule has 0 spiro atoms. The van der Waals surface area contributed by atoms with Crippen molar-refractivity contribution < 1.29 is 23.6 Å². The second-order valence-corrected chi connectivity index (χ2v) is 7.83. The van der Waals surface area contributed by atoms with Gasteiger partial charge in [-0.15, -0.1) is 0 Å². The molecule has 2 heterocycles. The van der Waals surface area contributed by atoms with Crippen molar-refractivity contribution in [1.29, 1.82) is 0 Å². The lowest BCUT2D eigenvalue weighted by Crippen LogP contribution is -2.49. The molecule has 3 aromatic rings. The van der Waals surface area contributed by atoms with Crippen molar-refractivity contribution in [3.63, 3.8) is 0 Å². The van der Waals surface area contributed by atoms with E-state index in [1.54, 1.807) is 12.1 Å². The van der Waals surface area contributed by atoms with Crippen molar-refractivity contribution in [3.05, 3.63) is 53.8 Å². The standard InChI is InChI=1S/C23H24FN3O4/c1-3-14(2)30-20-9-8-17(10-19(20)24)22-25-21(26-31-22)16-6-4-15(5-7-16)11-27-12-18(13-27)23(28)29/h4-10,14,18H,3,11-13H2,1-2H3,(H,28,29)/t14-/m0/s1. The number of carboxylic acids is 1. The van der Waals surface area contributed by atoms with Crippen LogP contribution in [0.1, 0.15) is 25.8 Å². The Hall–Kier alpha value is -3.26. The van der Waals surface area contributed by atoms with Crippen LogP contribution >= 0.6 is 0 Å². The van der Waals surface area contributed by atoms with Gasteiger partial charge in [0, 0.05) is 30.8 Å². The van der Waals surface area contributed by atoms with Crippen LogP contribution in [0.5, 0.6) is 5.75 Å². The van der Waals surface area contributed by atoms with Crippen molar-refractivity contribution >= 4 is 5.97 Å². The molecule has 1 atom stereocenters. The van der Waals surface area contributed by atoms with Gasteiger partial charge in [-0.25, -0.2) is 4.39 Å². The van der Waals surface area contributed by atoms with Gasteiger partial charge in [-0.3, -0.25) is 9.69 Å². The van der Waals surface area contributed by atoms with Gasteiger partial charge >= 0.3 is 5.97 Å². The largest absolute Gasteiger partial charge is 0.488 e. The van der Waals surface area contributed by atoms with E-state index in [0.717, 1.165) is 17.5 Å². The highest BCUT2D eigenvalue weighted by molar-refractivity contribution is 5.71. The second-order valence-electron chi connectivity index (χ2n) is 7.83. The van der Waals surface area contributed by atoms with E-state index in [9.17, 15) is 9.18 Å². The summed E-state index contributed by atoms with van der Waals surface area (Å²) in [7, 11) is 0. The molecule has 0 saturated carbocycles. The number of aliphatic carboxylic acids is 1. The molecule has 1 aromatic heterocycles. The minimum Gasteiger partial charge on any atom is -0.488 e. The number of hydrogen-bond donors (Lipinski definition) is 1. The Morgan fingerprint density at radius 1 is 1.26 bits per heavy atom. The third-order valence-corrected chi connectivity index (χ3v) is 5.43. The van der Waals surface area contributed by atoms with Crippen LogP contribution in [-0.4, -0.2) is 45.3 Å². The molecule has 0 bridgehead atoms. The molecule has 1 saturated heterocycles. The van der Waals surface area contributed by atoms with Crippen molar-refractivity contribution in [2.45, 2.75) is 32.9 Å². The molecule has 8 heteroatoms. The van der Waals surface area contributed by atoms with Crippen LogP contribution in [0.15, 0.2) is 47.0 Å². The minimum absolute atomic E-state index is 0.0713. The van der Waals surface area contributed by atoms with Crippen LogP contribution in [0.3, 0.4) is 0 Å². The van der Waals surface area contributed by atoms with Gasteiger partial charge in [-0.05, 0) is 37.1 Å². The zero-order valence-corrected chi connectivity index (χ0v) is 17.4. The number of carbonyl (C=O) groups is 1. The fraction of sp³-hybridized carbons (Fsp3) is 0.348. The molecule has 4 rings (SSSR count). The Kier molecular flexibility index (Phi) is 5.99. The molecule has 0 aliphatic carbocycles. The minimum atomic E-state index is -0.739. The first kappa shape index (κ1) is 21.0. The number of ether oxygens (including phenoxy) is 1. The maximum absolute atomic E-state index is 14.4. The monoisotopic (exact) mass is 425 g/mol. The zero-order valence-electron chi connectivity index (χ0n) is 17.4. The van der Waals surface area contributed by atoms with Crippen LogP contribution in [0.25, 0.3) is 22.8 Å². The third kappa shape index (κ3) is 4.74. The first-order valence-corrected chi connectivity index (χ1v) is 10.3. The van der Waals surface area contributed by atoms with Gasteiger partial charge in [-0.1, -0.05) is 36.3 Å². The van der Waals surface area contributed by atoms with Gasteiger partial charge in [0.2, 0.25) is 5.82 Å². The lowest BCUT2D eigenvalue weighted by molar-refractivity contribution is -0.147. The Balaban J connectivity index is 1.42. The van der Waals surface area contributed by atoms with E-state index in [2.05, 4.69) is 15.0 Å². The maximum atomic E-state index is 14.4. The highest BCUT2D eigenvalue weighted by Crippen LogP contribution is 2.28. The molecule has 1 N–H and O–H groups in total. The summed E-state index contributed by atoms with van der Waals surface area (Å²) in [5, 5.41) is 13.0. The topological polar surface area (TPSA) is 88.7 Å². The van der Waals surface area contributed by atoms with Gasteiger partial charge < -0.3 is 14.4 Å². The molecule has 1 aliphatic heterocycles. The molecule has 0 amide bonds. The van der Waals surface area contributed by atoms with Crippen LogP contribution < -0.4 is 4.74 Å². The Morgan fingerprint density at radius 3 is 2.61 bits per heavy atom. The van der Waals surface area contributed by atoms with Crippen molar-refractivity contribution in [2.24, 2.45) is 5.92 Å². The zero-order chi connectivity index (χ0) is 22.0. The van der Waals surface area contributed by atoms with E-state index in [-0.39, 0.29) is 23.7 Å². The van der Waals surface area contributed by atoms with Crippen LogP contribution in [-0.2, 0) is 11.3 Å².